The number of benzene rings is 1. The number of alkyl halides is 3. The number of nitrogens with one attached hydrogen (secondary N) is 2. The van der Waals surface area contributed by atoms with Crippen molar-refractivity contribution in [2.75, 3.05) is 5.32 Å². The minimum absolute atomic E-state index is 0.144. The van der Waals surface area contributed by atoms with Crippen molar-refractivity contribution in [1.82, 2.24) is 5.32 Å². The number of carbonyl (C=O) groups is 2. The van der Waals surface area contributed by atoms with Gasteiger partial charge in [0.2, 0.25) is 0 Å². The van der Waals surface area contributed by atoms with Crippen LogP contribution in [0.5, 0.6) is 0 Å². The van der Waals surface area contributed by atoms with E-state index in [-0.39, 0.29) is 6.54 Å². The molecule has 0 aliphatic rings. The Morgan fingerprint density at radius 1 is 1.05 bits per heavy atom. The lowest BCUT2D eigenvalue weighted by molar-refractivity contribution is -0.138. The molecular weight excluding hydrogens is 317 g/mol. The Balaban J connectivity index is 2.01. The van der Waals surface area contributed by atoms with E-state index in [1.165, 1.54) is 23.5 Å². The maximum absolute atomic E-state index is 12.8. The highest BCUT2D eigenvalue weighted by Gasteiger charge is 2.33. The standard InChI is InChI=1S/C14H11F3N2O2S/c15-14(16,17)10-5-1-2-6-11(10)19-13(21)12(20)18-8-9-4-3-7-22-9/h1-7H,8H2,(H,18,20)(H,19,21). The molecule has 0 saturated heterocycles. The number of halogens is 3. The molecule has 22 heavy (non-hydrogen) atoms. The summed E-state index contributed by atoms with van der Waals surface area (Å²) in [5.41, 5.74) is -1.46. The van der Waals surface area contributed by atoms with Crippen molar-refractivity contribution >= 4 is 28.8 Å². The fourth-order valence-corrected chi connectivity index (χ4v) is 2.32. The number of carbonyl (C=O) groups excluding carboxylic acids is 2. The highest BCUT2D eigenvalue weighted by atomic mass is 32.1. The number of thiophene rings is 1. The van der Waals surface area contributed by atoms with Gasteiger partial charge in [0.25, 0.3) is 0 Å². The van der Waals surface area contributed by atoms with Crippen LogP contribution in [-0.2, 0) is 22.3 Å². The molecule has 0 aliphatic heterocycles. The zero-order chi connectivity index (χ0) is 16.2. The minimum Gasteiger partial charge on any atom is -0.343 e. The first kappa shape index (κ1) is 16.0. The normalized spacial score (nSPS) is 11.0. The molecule has 0 atom stereocenters. The van der Waals surface area contributed by atoms with Crippen molar-refractivity contribution in [2.45, 2.75) is 12.7 Å². The van der Waals surface area contributed by atoms with Gasteiger partial charge in [0.05, 0.1) is 17.8 Å². The SMILES string of the molecule is O=C(NCc1cccs1)C(=O)Nc1ccccc1C(F)(F)F. The van der Waals surface area contributed by atoms with Crippen molar-refractivity contribution in [3.8, 4) is 0 Å². The number of amides is 2. The van der Waals surface area contributed by atoms with Gasteiger partial charge in [0.1, 0.15) is 0 Å². The van der Waals surface area contributed by atoms with Gasteiger partial charge in [-0.05, 0) is 23.6 Å². The second-order valence-electron chi connectivity index (χ2n) is 4.26. The lowest BCUT2D eigenvalue weighted by atomic mass is 10.1. The summed E-state index contributed by atoms with van der Waals surface area (Å²) < 4.78 is 38.3. The third kappa shape index (κ3) is 4.08. The predicted octanol–water partition coefficient (Wildman–Crippen LogP) is 3.02. The molecule has 0 bridgehead atoms. The van der Waals surface area contributed by atoms with E-state index in [0.29, 0.717) is 0 Å². The lowest BCUT2D eigenvalue weighted by Gasteiger charge is -2.13. The lowest BCUT2D eigenvalue weighted by Crippen LogP contribution is -2.35. The predicted molar refractivity (Wildman–Crippen MR) is 76.2 cm³/mol. The summed E-state index contributed by atoms with van der Waals surface area (Å²) in [5.74, 6) is -2.14. The Morgan fingerprint density at radius 3 is 2.41 bits per heavy atom. The molecule has 1 heterocycles. The van der Waals surface area contributed by atoms with Crippen LogP contribution in [0.3, 0.4) is 0 Å². The van der Waals surface area contributed by atoms with Gasteiger partial charge in [0, 0.05) is 4.88 Å². The van der Waals surface area contributed by atoms with Crippen LogP contribution in [0.25, 0.3) is 0 Å². The third-order valence-electron chi connectivity index (χ3n) is 2.69. The van der Waals surface area contributed by atoms with Crippen molar-refractivity contribution in [3.63, 3.8) is 0 Å². The van der Waals surface area contributed by atoms with Crippen LogP contribution in [0, 0.1) is 0 Å². The average molecular weight is 328 g/mol. The van der Waals surface area contributed by atoms with Gasteiger partial charge in [-0.15, -0.1) is 11.3 Å². The topological polar surface area (TPSA) is 58.2 Å². The maximum atomic E-state index is 12.8. The second-order valence-corrected chi connectivity index (χ2v) is 5.29. The molecule has 2 amide bonds. The molecule has 2 rings (SSSR count). The summed E-state index contributed by atoms with van der Waals surface area (Å²) >= 11 is 1.39. The fraction of sp³-hybridized carbons (Fsp3) is 0.143. The zero-order valence-electron chi connectivity index (χ0n) is 11.1. The van der Waals surface area contributed by atoms with Gasteiger partial charge in [-0.1, -0.05) is 18.2 Å². The highest BCUT2D eigenvalue weighted by Crippen LogP contribution is 2.34. The van der Waals surface area contributed by atoms with Gasteiger partial charge in [-0.2, -0.15) is 13.2 Å². The molecule has 0 spiro atoms. The number of anilines is 1. The molecule has 1 aromatic carbocycles. The number of hydrogen-bond acceptors (Lipinski definition) is 3. The highest BCUT2D eigenvalue weighted by molar-refractivity contribution is 7.09. The third-order valence-corrected chi connectivity index (χ3v) is 3.57. The van der Waals surface area contributed by atoms with Crippen molar-refractivity contribution < 1.29 is 22.8 Å². The van der Waals surface area contributed by atoms with Gasteiger partial charge in [-0.25, -0.2) is 0 Å². The first-order valence-corrected chi connectivity index (χ1v) is 7.03. The quantitative estimate of drug-likeness (QED) is 0.851. The molecule has 0 fully saturated rings. The molecule has 0 unspecified atom stereocenters. The number of hydrogen-bond donors (Lipinski definition) is 2. The van der Waals surface area contributed by atoms with Gasteiger partial charge in [-0.3, -0.25) is 9.59 Å². The van der Waals surface area contributed by atoms with E-state index in [0.717, 1.165) is 17.0 Å². The summed E-state index contributed by atoms with van der Waals surface area (Å²) in [6, 6.07) is 8.02. The van der Waals surface area contributed by atoms with E-state index in [1.807, 2.05) is 5.32 Å². The summed E-state index contributed by atoms with van der Waals surface area (Å²) in [5, 5.41) is 6.13. The summed E-state index contributed by atoms with van der Waals surface area (Å²) in [6.07, 6.45) is -4.61. The first-order chi connectivity index (χ1) is 10.4. The van der Waals surface area contributed by atoms with Crippen molar-refractivity contribution in [2.24, 2.45) is 0 Å². The molecule has 0 radical (unpaired) electrons. The van der Waals surface area contributed by atoms with Crippen molar-refractivity contribution in [1.29, 1.82) is 0 Å². The molecule has 0 aliphatic carbocycles. The Bertz CT molecular complexity index is 669. The Labute approximate surface area is 128 Å². The van der Waals surface area contributed by atoms with Crippen LogP contribution < -0.4 is 10.6 Å². The smallest absolute Gasteiger partial charge is 0.343 e. The van der Waals surface area contributed by atoms with Gasteiger partial charge < -0.3 is 10.6 Å². The average Bonchev–Trinajstić information content (AvgIpc) is 2.97. The molecule has 0 saturated carbocycles. The van der Waals surface area contributed by atoms with Crippen molar-refractivity contribution in [3.05, 3.63) is 52.2 Å². The molecule has 2 aromatic rings. The summed E-state index contributed by atoms with van der Waals surface area (Å²) in [4.78, 5) is 24.1. The molecule has 2 N–H and O–H groups in total. The number of rotatable bonds is 3. The zero-order valence-corrected chi connectivity index (χ0v) is 11.9. The van der Waals surface area contributed by atoms with E-state index in [1.54, 1.807) is 17.5 Å². The maximum Gasteiger partial charge on any atom is 0.418 e. The van der Waals surface area contributed by atoms with Gasteiger partial charge >= 0.3 is 18.0 Å². The van der Waals surface area contributed by atoms with E-state index < -0.39 is 29.2 Å². The van der Waals surface area contributed by atoms with Crippen LogP contribution in [0.2, 0.25) is 0 Å². The van der Waals surface area contributed by atoms with Crippen LogP contribution in [0.1, 0.15) is 10.4 Å². The van der Waals surface area contributed by atoms with E-state index in [2.05, 4.69) is 5.32 Å². The van der Waals surface area contributed by atoms with E-state index in [4.69, 9.17) is 0 Å². The summed E-state index contributed by atoms with van der Waals surface area (Å²) in [6.45, 7) is 0.144. The molecular formula is C14H11F3N2O2S. The van der Waals surface area contributed by atoms with Gasteiger partial charge in [0.15, 0.2) is 0 Å². The second kappa shape index (κ2) is 6.61. The Kier molecular flexibility index (Phi) is 4.81. The van der Waals surface area contributed by atoms with Crippen LogP contribution >= 0.6 is 11.3 Å². The molecule has 8 heteroatoms. The Hall–Kier alpha value is -2.35. The molecule has 4 nitrogen and oxygen atoms in total. The van der Waals surface area contributed by atoms with Crippen LogP contribution in [-0.4, -0.2) is 11.8 Å². The Morgan fingerprint density at radius 2 is 1.77 bits per heavy atom. The fourth-order valence-electron chi connectivity index (χ4n) is 1.68. The molecule has 116 valence electrons. The largest absolute Gasteiger partial charge is 0.418 e. The monoisotopic (exact) mass is 328 g/mol. The first-order valence-electron chi connectivity index (χ1n) is 6.15. The van der Waals surface area contributed by atoms with E-state index in [9.17, 15) is 22.8 Å². The van der Waals surface area contributed by atoms with E-state index >= 15 is 0 Å². The summed E-state index contributed by atoms with van der Waals surface area (Å²) in [7, 11) is 0. The number of para-hydroxylation sites is 1. The van der Waals surface area contributed by atoms with Crippen LogP contribution in [0.15, 0.2) is 41.8 Å². The minimum atomic E-state index is -4.61. The molecule has 1 aromatic heterocycles. The van der Waals surface area contributed by atoms with Crippen LogP contribution in [0.4, 0.5) is 18.9 Å².